The number of rotatable bonds is 2. The summed E-state index contributed by atoms with van der Waals surface area (Å²) in [6.07, 6.45) is 0. The molecule has 0 atom stereocenters. The van der Waals surface area contributed by atoms with E-state index >= 15 is 0 Å². The van der Waals surface area contributed by atoms with E-state index in [0.29, 0.717) is 0 Å². The van der Waals surface area contributed by atoms with Gasteiger partial charge < -0.3 is 1.43 Å². The minimum absolute atomic E-state index is 0. The van der Waals surface area contributed by atoms with Gasteiger partial charge in [-0.05, 0) is 31.6 Å². The molecule has 0 bridgehead atoms. The third-order valence-electron chi connectivity index (χ3n) is 0.731. The van der Waals surface area contributed by atoms with Gasteiger partial charge in [0.2, 0.25) is 8.87 Å². The van der Waals surface area contributed by atoms with Crippen molar-refractivity contribution in [3.63, 3.8) is 0 Å². The summed E-state index contributed by atoms with van der Waals surface area (Å²) in [5.74, 6) is 0.217. The van der Waals surface area contributed by atoms with Crippen molar-refractivity contribution in [3.8, 4) is 0 Å². The number of hydrogen-bond donors (Lipinski definition) is 0. The van der Waals surface area contributed by atoms with Crippen LogP contribution in [-0.2, 0) is 8.87 Å². The Bertz CT molecular complexity index is 196. The summed E-state index contributed by atoms with van der Waals surface area (Å²) in [4.78, 5) is 0. The molecular weight excluding hydrogens is 191 g/mol. The topological polar surface area (TPSA) is 34.1 Å². The first-order chi connectivity index (χ1) is 4.27. The molecule has 0 rings (SSSR count). The predicted molar refractivity (Wildman–Crippen MR) is 47.9 cm³/mol. The van der Waals surface area contributed by atoms with Gasteiger partial charge in [0.15, 0.2) is 0 Å². The fourth-order valence-electron chi connectivity index (χ4n) is 0.440. The van der Waals surface area contributed by atoms with E-state index in [-0.39, 0.29) is 41.5 Å². The second-order valence-electron chi connectivity index (χ2n) is 3.04. The van der Waals surface area contributed by atoms with Crippen LogP contribution in [0.3, 0.4) is 0 Å². The Hall–Kier alpha value is 1.30. The molecular formula is C6H15NaO2S2. The summed E-state index contributed by atoms with van der Waals surface area (Å²) in [7, 11) is -1.83. The second kappa shape index (κ2) is 5.12. The first-order valence-corrected chi connectivity index (χ1v) is 6.19. The van der Waals surface area contributed by atoms with Gasteiger partial charge in [-0.1, -0.05) is 6.92 Å². The third kappa shape index (κ3) is 9.21. The average molecular weight is 206 g/mol. The molecule has 2 nitrogen and oxygen atoms in total. The van der Waals surface area contributed by atoms with Crippen molar-refractivity contribution in [1.82, 2.24) is 0 Å². The molecule has 0 N–H and O–H groups in total. The van der Waals surface area contributed by atoms with Crippen LogP contribution in [0.1, 0.15) is 29.1 Å². The van der Waals surface area contributed by atoms with Crippen molar-refractivity contribution in [2.45, 2.75) is 32.4 Å². The van der Waals surface area contributed by atoms with E-state index < -0.39 is 8.87 Å². The van der Waals surface area contributed by atoms with Gasteiger partial charge in [0, 0.05) is 4.75 Å². The molecule has 0 aromatic rings. The molecule has 0 aliphatic rings. The van der Waals surface area contributed by atoms with Crippen LogP contribution in [0.2, 0.25) is 0 Å². The van der Waals surface area contributed by atoms with E-state index in [9.17, 15) is 8.42 Å². The van der Waals surface area contributed by atoms with E-state index in [4.69, 9.17) is 0 Å². The van der Waals surface area contributed by atoms with Crippen LogP contribution in [0.4, 0.5) is 0 Å². The zero-order valence-electron chi connectivity index (χ0n) is 8.84. The molecule has 0 saturated carbocycles. The van der Waals surface area contributed by atoms with Gasteiger partial charge in [-0.3, -0.25) is 0 Å². The van der Waals surface area contributed by atoms with Crippen LogP contribution in [0, 0.1) is 0 Å². The SMILES string of the molecule is CCS(=O)(=O)SC(C)(C)C.[H-].[Na+]. The molecule has 0 amide bonds. The Morgan fingerprint density at radius 1 is 1.36 bits per heavy atom. The molecule has 0 radical (unpaired) electrons. The van der Waals surface area contributed by atoms with Crippen molar-refractivity contribution >= 4 is 19.7 Å². The Morgan fingerprint density at radius 2 is 1.73 bits per heavy atom. The van der Waals surface area contributed by atoms with E-state index in [1.807, 2.05) is 20.8 Å². The maximum Gasteiger partial charge on any atom is 1.00 e. The Morgan fingerprint density at radius 3 is 1.82 bits per heavy atom. The maximum absolute atomic E-state index is 11.0. The molecule has 0 unspecified atom stereocenters. The van der Waals surface area contributed by atoms with Crippen molar-refractivity contribution in [2.24, 2.45) is 0 Å². The molecule has 0 aliphatic heterocycles. The van der Waals surface area contributed by atoms with Crippen molar-refractivity contribution in [2.75, 3.05) is 5.75 Å². The molecule has 64 valence electrons. The maximum atomic E-state index is 11.0. The monoisotopic (exact) mass is 206 g/mol. The first-order valence-electron chi connectivity index (χ1n) is 3.20. The summed E-state index contributed by atoms with van der Waals surface area (Å²) in [5, 5.41) is 0. The predicted octanol–water partition coefficient (Wildman–Crippen LogP) is -1.02. The van der Waals surface area contributed by atoms with E-state index in [1.54, 1.807) is 6.92 Å². The van der Waals surface area contributed by atoms with Crippen LogP contribution in [0.15, 0.2) is 0 Å². The van der Waals surface area contributed by atoms with Crippen molar-refractivity contribution in [3.05, 3.63) is 0 Å². The summed E-state index contributed by atoms with van der Waals surface area (Å²) in [6.45, 7) is 7.34. The summed E-state index contributed by atoms with van der Waals surface area (Å²) in [6, 6.07) is 0. The van der Waals surface area contributed by atoms with Crippen LogP contribution in [0.25, 0.3) is 0 Å². The normalized spacial score (nSPS) is 12.4. The van der Waals surface area contributed by atoms with Crippen LogP contribution in [0.5, 0.6) is 0 Å². The largest absolute Gasteiger partial charge is 1.00 e. The molecule has 0 aromatic carbocycles. The van der Waals surface area contributed by atoms with Crippen LogP contribution >= 0.6 is 10.8 Å². The van der Waals surface area contributed by atoms with Gasteiger partial charge in [-0.2, -0.15) is 0 Å². The fourth-order valence-corrected chi connectivity index (χ4v) is 3.96. The van der Waals surface area contributed by atoms with Gasteiger partial charge in [-0.15, -0.1) is 0 Å². The van der Waals surface area contributed by atoms with E-state index in [1.165, 1.54) is 0 Å². The Labute approximate surface area is 96.6 Å². The van der Waals surface area contributed by atoms with Gasteiger partial charge in [0.25, 0.3) is 0 Å². The minimum atomic E-state index is -2.86. The van der Waals surface area contributed by atoms with Crippen molar-refractivity contribution in [1.29, 1.82) is 0 Å². The molecule has 0 heterocycles. The fraction of sp³-hybridized carbons (Fsp3) is 1.00. The van der Waals surface area contributed by atoms with Crippen LogP contribution in [-0.4, -0.2) is 18.9 Å². The van der Waals surface area contributed by atoms with Crippen LogP contribution < -0.4 is 29.6 Å². The molecule has 0 spiro atoms. The van der Waals surface area contributed by atoms with Gasteiger partial charge in [-0.25, -0.2) is 8.42 Å². The third-order valence-corrected chi connectivity index (χ3v) is 5.16. The second-order valence-corrected chi connectivity index (χ2v) is 8.15. The minimum Gasteiger partial charge on any atom is -1.00 e. The molecule has 11 heavy (non-hydrogen) atoms. The zero-order chi connectivity index (χ0) is 8.41. The Balaban J connectivity index is -0.000000405. The standard InChI is InChI=1S/C6H14O2S2.Na.H/c1-5-10(7,8)9-6(2,3)4;;/h5H2,1-4H3;;/q;+1;-1. The average Bonchev–Trinajstić information content (AvgIpc) is 1.60. The molecule has 0 fully saturated rings. The van der Waals surface area contributed by atoms with E-state index in [2.05, 4.69) is 0 Å². The van der Waals surface area contributed by atoms with E-state index in [0.717, 1.165) is 10.8 Å². The molecule has 0 aliphatic carbocycles. The number of hydrogen-bond acceptors (Lipinski definition) is 3. The Kier molecular flexibility index (Phi) is 6.89. The van der Waals surface area contributed by atoms with Gasteiger partial charge in [0.1, 0.15) is 0 Å². The molecule has 0 saturated heterocycles. The first kappa shape index (κ1) is 14.8. The zero-order valence-corrected chi connectivity index (χ0v) is 11.5. The molecule has 5 heteroatoms. The molecule has 0 aromatic heterocycles. The summed E-state index contributed by atoms with van der Waals surface area (Å²) in [5.41, 5.74) is 0. The van der Waals surface area contributed by atoms with Gasteiger partial charge >= 0.3 is 29.6 Å². The van der Waals surface area contributed by atoms with Crippen molar-refractivity contribution < 1.29 is 39.4 Å². The quantitative estimate of drug-likeness (QED) is 0.429. The smallest absolute Gasteiger partial charge is 1.00 e. The van der Waals surface area contributed by atoms with Gasteiger partial charge in [0.05, 0.1) is 5.75 Å². The summed E-state index contributed by atoms with van der Waals surface area (Å²) < 4.78 is 21.8. The summed E-state index contributed by atoms with van der Waals surface area (Å²) >= 11 is 0.